The number of methoxy groups -OCH3 is 1. The highest BCUT2D eigenvalue weighted by molar-refractivity contribution is 5.95. The van der Waals surface area contributed by atoms with Crippen LogP contribution in [0, 0.1) is 0 Å². The highest BCUT2D eigenvalue weighted by atomic mass is 16.6. The summed E-state index contributed by atoms with van der Waals surface area (Å²) in [7, 11) is 1.13. The van der Waals surface area contributed by atoms with Gasteiger partial charge in [0.1, 0.15) is 30.0 Å². The molecule has 13 nitrogen and oxygen atoms in total. The molecule has 2 atom stereocenters. The number of esters is 1. The van der Waals surface area contributed by atoms with Crippen LogP contribution in [-0.2, 0) is 28.7 Å². The summed E-state index contributed by atoms with van der Waals surface area (Å²) < 4.78 is 9.64. The topological polar surface area (TPSA) is 198 Å². The van der Waals surface area contributed by atoms with Gasteiger partial charge in [-0.15, -0.1) is 0 Å². The molecule has 0 radical (unpaired) electrons. The number of rotatable bonds is 11. The Morgan fingerprint density at radius 2 is 1.71 bits per heavy atom. The molecule has 1 aromatic rings. The van der Waals surface area contributed by atoms with Crippen molar-refractivity contribution in [3.63, 3.8) is 0 Å². The minimum absolute atomic E-state index is 0.110. The fourth-order valence-corrected chi connectivity index (χ4v) is 2.98. The van der Waals surface area contributed by atoms with E-state index < -0.39 is 67.0 Å². The van der Waals surface area contributed by atoms with E-state index >= 15 is 0 Å². The number of primary amides is 1. The van der Waals surface area contributed by atoms with Gasteiger partial charge in [-0.2, -0.15) is 0 Å². The van der Waals surface area contributed by atoms with Crippen molar-refractivity contribution in [1.82, 2.24) is 15.5 Å². The van der Waals surface area contributed by atoms with Crippen LogP contribution in [0.4, 0.5) is 4.79 Å². The van der Waals surface area contributed by atoms with E-state index in [-0.39, 0.29) is 17.9 Å². The van der Waals surface area contributed by atoms with Crippen molar-refractivity contribution in [1.29, 1.82) is 0 Å². The number of hydrogen-bond acceptors (Lipinski definition) is 9. The van der Waals surface area contributed by atoms with Gasteiger partial charge < -0.3 is 41.0 Å². The molecule has 0 saturated heterocycles. The molecular weight excluding hydrogens is 464 g/mol. The van der Waals surface area contributed by atoms with Crippen LogP contribution in [0.2, 0.25) is 0 Å². The first kappa shape index (κ1) is 29.2. The van der Waals surface area contributed by atoms with Gasteiger partial charge in [-0.3, -0.25) is 19.2 Å². The second-order valence-corrected chi connectivity index (χ2v) is 8.41. The second kappa shape index (κ2) is 13.1. The Balaban J connectivity index is 3.40. The summed E-state index contributed by atoms with van der Waals surface area (Å²) in [5.41, 5.74) is 4.56. The molecule has 0 heterocycles. The summed E-state index contributed by atoms with van der Waals surface area (Å²) in [4.78, 5) is 62.9. The van der Waals surface area contributed by atoms with Crippen molar-refractivity contribution in [2.45, 2.75) is 44.9 Å². The van der Waals surface area contributed by atoms with Gasteiger partial charge >= 0.3 is 12.1 Å². The van der Waals surface area contributed by atoms with Gasteiger partial charge in [0.05, 0.1) is 20.1 Å². The first-order chi connectivity index (χ1) is 16.3. The first-order valence-electron chi connectivity index (χ1n) is 10.6. The molecule has 2 unspecified atom stereocenters. The molecule has 1 aromatic carbocycles. The van der Waals surface area contributed by atoms with Gasteiger partial charge in [-0.25, -0.2) is 4.79 Å². The number of benzene rings is 1. The molecule has 0 aliphatic carbocycles. The molecule has 1 rings (SSSR count). The number of carbonyl (C=O) groups is 5. The monoisotopic (exact) mass is 496 g/mol. The molecule has 0 spiro atoms. The number of alkyl carbamates (subject to hydrolysis) is 1. The standard InChI is InChI=1S/C22H32N4O9/c1-22(2,3)35-21(33)25-15(11-16(23)29)20(32)26(9-10-27)18(13-5-7-14(28)8-6-13)19(31)24-12-17(30)34-4/h5-8,15,18,27-28H,9-12H2,1-4H3,(H2,23,29)(H,24,31)(H,25,33). The third-order valence-corrected chi connectivity index (χ3v) is 4.42. The maximum atomic E-state index is 13.5. The van der Waals surface area contributed by atoms with Crippen molar-refractivity contribution in [3.05, 3.63) is 29.8 Å². The Bertz CT molecular complexity index is 912. The SMILES string of the molecule is COC(=O)CNC(=O)C(c1ccc(O)cc1)N(CCO)C(=O)C(CC(N)=O)NC(=O)OC(C)(C)C. The van der Waals surface area contributed by atoms with E-state index in [9.17, 15) is 34.2 Å². The number of phenols is 1. The Morgan fingerprint density at radius 3 is 2.20 bits per heavy atom. The zero-order valence-electron chi connectivity index (χ0n) is 20.1. The predicted molar refractivity (Wildman–Crippen MR) is 122 cm³/mol. The number of aromatic hydroxyl groups is 1. The highest BCUT2D eigenvalue weighted by Gasteiger charge is 2.37. The third-order valence-electron chi connectivity index (χ3n) is 4.42. The molecule has 13 heteroatoms. The van der Waals surface area contributed by atoms with E-state index in [1.54, 1.807) is 20.8 Å². The lowest BCUT2D eigenvalue weighted by molar-refractivity contribution is -0.145. The summed E-state index contributed by atoms with van der Waals surface area (Å²) >= 11 is 0. The second-order valence-electron chi connectivity index (χ2n) is 8.41. The van der Waals surface area contributed by atoms with Gasteiger partial charge in [0.15, 0.2) is 0 Å². The number of nitrogens with one attached hydrogen (secondary N) is 2. The van der Waals surface area contributed by atoms with Crippen molar-refractivity contribution < 1.29 is 43.7 Å². The molecule has 0 bridgehead atoms. The maximum Gasteiger partial charge on any atom is 0.408 e. The van der Waals surface area contributed by atoms with Crippen LogP contribution in [0.3, 0.4) is 0 Å². The van der Waals surface area contributed by atoms with Crippen LogP contribution in [0.1, 0.15) is 38.8 Å². The number of hydrogen-bond donors (Lipinski definition) is 5. The Morgan fingerprint density at radius 1 is 1.11 bits per heavy atom. The van der Waals surface area contributed by atoms with Crippen LogP contribution in [-0.4, -0.2) is 83.3 Å². The number of carbonyl (C=O) groups excluding carboxylic acids is 5. The number of aliphatic hydroxyl groups excluding tert-OH is 1. The number of amides is 4. The van der Waals surface area contributed by atoms with E-state index in [1.807, 2.05) is 0 Å². The van der Waals surface area contributed by atoms with E-state index in [0.29, 0.717) is 0 Å². The molecular formula is C22H32N4O9. The summed E-state index contributed by atoms with van der Waals surface area (Å²) in [5.74, 6) is -3.52. The highest BCUT2D eigenvalue weighted by Crippen LogP contribution is 2.24. The van der Waals surface area contributed by atoms with Crippen molar-refractivity contribution >= 4 is 29.8 Å². The summed E-state index contributed by atoms with van der Waals surface area (Å²) in [6, 6.07) is 2.33. The molecule has 35 heavy (non-hydrogen) atoms. The summed E-state index contributed by atoms with van der Waals surface area (Å²) in [6.07, 6.45) is -1.62. The molecule has 0 aliphatic rings. The first-order valence-corrected chi connectivity index (χ1v) is 10.6. The average molecular weight is 497 g/mol. The lowest BCUT2D eigenvalue weighted by atomic mass is 10.0. The molecule has 0 aliphatic heterocycles. The lowest BCUT2D eigenvalue weighted by Gasteiger charge is -2.33. The zero-order valence-corrected chi connectivity index (χ0v) is 20.1. The summed E-state index contributed by atoms with van der Waals surface area (Å²) in [5, 5.41) is 23.9. The number of aliphatic hydroxyl groups is 1. The fraction of sp³-hybridized carbons (Fsp3) is 0.500. The van der Waals surface area contributed by atoms with E-state index in [4.69, 9.17) is 10.5 Å². The van der Waals surface area contributed by atoms with Crippen LogP contribution < -0.4 is 16.4 Å². The fourth-order valence-electron chi connectivity index (χ4n) is 2.98. The third kappa shape index (κ3) is 9.88. The van der Waals surface area contributed by atoms with Gasteiger partial charge in [0, 0.05) is 6.54 Å². The molecule has 194 valence electrons. The van der Waals surface area contributed by atoms with Gasteiger partial charge in [-0.1, -0.05) is 12.1 Å². The quantitative estimate of drug-likeness (QED) is 0.246. The normalized spacial score (nSPS) is 12.6. The largest absolute Gasteiger partial charge is 0.508 e. The molecule has 0 fully saturated rings. The maximum absolute atomic E-state index is 13.5. The van der Waals surface area contributed by atoms with E-state index in [1.165, 1.54) is 24.3 Å². The van der Waals surface area contributed by atoms with E-state index in [2.05, 4.69) is 15.4 Å². The average Bonchev–Trinajstić information content (AvgIpc) is 2.75. The Labute approximate surface area is 202 Å². The van der Waals surface area contributed by atoms with Gasteiger partial charge in [0.2, 0.25) is 17.7 Å². The van der Waals surface area contributed by atoms with Crippen LogP contribution in [0.5, 0.6) is 5.75 Å². The molecule has 0 saturated carbocycles. The van der Waals surface area contributed by atoms with Crippen molar-refractivity contribution in [2.24, 2.45) is 5.73 Å². The number of nitrogens with zero attached hydrogens (tertiary/aromatic N) is 1. The van der Waals surface area contributed by atoms with Crippen LogP contribution >= 0.6 is 0 Å². The van der Waals surface area contributed by atoms with Gasteiger partial charge in [-0.05, 0) is 38.5 Å². The Hall–Kier alpha value is -3.87. The minimum atomic E-state index is -1.53. The van der Waals surface area contributed by atoms with Gasteiger partial charge in [0.25, 0.3) is 0 Å². The number of nitrogens with two attached hydrogens (primary N) is 1. The van der Waals surface area contributed by atoms with Crippen molar-refractivity contribution in [2.75, 3.05) is 26.8 Å². The minimum Gasteiger partial charge on any atom is -0.508 e. The lowest BCUT2D eigenvalue weighted by Crippen LogP contribution is -2.54. The smallest absolute Gasteiger partial charge is 0.408 e. The molecule has 0 aromatic heterocycles. The number of ether oxygens (including phenoxy) is 2. The van der Waals surface area contributed by atoms with E-state index in [0.717, 1.165) is 12.0 Å². The molecule has 6 N–H and O–H groups in total. The predicted octanol–water partition coefficient (Wildman–Crippen LogP) is -0.688. The Kier molecular flexibility index (Phi) is 10.9. The molecule has 4 amide bonds. The zero-order chi connectivity index (χ0) is 26.8. The van der Waals surface area contributed by atoms with Crippen molar-refractivity contribution in [3.8, 4) is 5.75 Å². The van der Waals surface area contributed by atoms with Crippen LogP contribution in [0.15, 0.2) is 24.3 Å². The number of phenolic OH excluding ortho intramolecular Hbond substituents is 1. The van der Waals surface area contributed by atoms with Crippen LogP contribution in [0.25, 0.3) is 0 Å². The summed E-state index contributed by atoms with van der Waals surface area (Å²) in [6.45, 7) is 3.32.